The van der Waals surface area contributed by atoms with Crippen molar-refractivity contribution in [2.45, 2.75) is 19.8 Å². The number of hydrogen-bond acceptors (Lipinski definition) is 5. The summed E-state index contributed by atoms with van der Waals surface area (Å²) in [6.45, 7) is 6.06. The van der Waals surface area contributed by atoms with Gasteiger partial charge in [-0.1, -0.05) is 43.0 Å². The second-order valence-electron chi connectivity index (χ2n) is 7.45. The molecule has 3 rings (SSSR count). The van der Waals surface area contributed by atoms with Crippen molar-refractivity contribution >= 4 is 17.5 Å². The average molecular weight is 455 g/mol. The van der Waals surface area contributed by atoms with Gasteiger partial charge in [-0.2, -0.15) is 0 Å². The minimum atomic E-state index is -0.392. The first-order chi connectivity index (χ1) is 16.5. The highest BCUT2D eigenvalue weighted by Gasteiger charge is 2.15. The number of esters is 1. The third-order valence-corrected chi connectivity index (χ3v) is 5.04. The van der Waals surface area contributed by atoms with Crippen LogP contribution >= 0.6 is 0 Å². The fourth-order valence-corrected chi connectivity index (χ4v) is 3.29. The fourth-order valence-electron chi connectivity index (χ4n) is 3.29. The van der Waals surface area contributed by atoms with Crippen LogP contribution < -0.4 is 15.8 Å². The lowest BCUT2D eigenvalue weighted by Gasteiger charge is -2.15. The van der Waals surface area contributed by atoms with Crippen LogP contribution in [0.1, 0.15) is 34.7 Å². The van der Waals surface area contributed by atoms with Gasteiger partial charge in [0.2, 0.25) is 0 Å². The highest BCUT2D eigenvalue weighted by molar-refractivity contribution is 5.95. The van der Waals surface area contributed by atoms with Gasteiger partial charge in [-0.15, -0.1) is 0 Å². The molecular formula is C28H28N3O3. The van der Waals surface area contributed by atoms with Crippen LogP contribution in [-0.2, 0) is 22.4 Å². The van der Waals surface area contributed by atoms with E-state index < -0.39 is 5.97 Å². The van der Waals surface area contributed by atoms with E-state index in [4.69, 9.17) is 20.6 Å². The Hall–Kier alpha value is -4.24. The topological polar surface area (TPSA) is 97.4 Å². The van der Waals surface area contributed by atoms with Crippen LogP contribution in [0.2, 0.25) is 0 Å². The molecule has 3 aromatic rings. The number of carbonyl (C=O) groups excluding carboxylic acids is 1. The molecule has 0 amide bonds. The Balaban J connectivity index is 1.72. The summed E-state index contributed by atoms with van der Waals surface area (Å²) in [7, 11) is 0. The number of nitrogens with two attached hydrogens (primary N) is 1. The number of anilines is 1. The number of benzene rings is 3. The van der Waals surface area contributed by atoms with Gasteiger partial charge < -0.3 is 20.5 Å². The molecule has 0 atom stereocenters. The number of ether oxygens (including phenoxy) is 2. The van der Waals surface area contributed by atoms with E-state index in [-0.39, 0.29) is 25.6 Å². The van der Waals surface area contributed by atoms with Gasteiger partial charge in [0.05, 0.1) is 18.6 Å². The van der Waals surface area contributed by atoms with Gasteiger partial charge >= 0.3 is 5.97 Å². The molecule has 173 valence electrons. The Morgan fingerprint density at radius 2 is 1.82 bits per heavy atom. The molecule has 6 nitrogen and oxygen atoms in total. The Morgan fingerprint density at radius 3 is 2.47 bits per heavy atom. The van der Waals surface area contributed by atoms with Crippen molar-refractivity contribution in [3.8, 4) is 17.6 Å². The average Bonchev–Trinajstić information content (AvgIpc) is 2.85. The van der Waals surface area contributed by atoms with Gasteiger partial charge in [-0.05, 0) is 61.4 Å². The van der Waals surface area contributed by atoms with E-state index >= 15 is 0 Å². The lowest BCUT2D eigenvalue weighted by molar-refractivity contribution is -0.142. The Kier molecular flexibility index (Phi) is 8.70. The van der Waals surface area contributed by atoms with Crippen molar-refractivity contribution in [3.05, 3.63) is 101 Å². The molecular weight excluding hydrogens is 426 g/mol. The first-order valence-electron chi connectivity index (χ1n) is 11.0. The second kappa shape index (κ2) is 12.1. The van der Waals surface area contributed by atoms with E-state index in [1.807, 2.05) is 42.5 Å². The van der Waals surface area contributed by atoms with Crippen molar-refractivity contribution in [2.75, 3.05) is 18.7 Å². The summed E-state index contributed by atoms with van der Waals surface area (Å²) in [6.07, 6.45) is 0.846. The predicted octanol–water partition coefficient (Wildman–Crippen LogP) is 4.30. The van der Waals surface area contributed by atoms with E-state index in [0.717, 1.165) is 34.4 Å². The second-order valence-corrected chi connectivity index (χ2v) is 7.45. The zero-order valence-electron chi connectivity index (χ0n) is 19.2. The number of hydrogen-bond donors (Lipinski definition) is 3. The molecule has 0 unspecified atom stereocenters. The molecule has 0 fully saturated rings. The van der Waals surface area contributed by atoms with Crippen LogP contribution in [-0.4, -0.2) is 25.1 Å². The van der Waals surface area contributed by atoms with E-state index in [1.165, 1.54) is 0 Å². The summed E-state index contributed by atoms with van der Waals surface area (Å²) < 4.78 is 11.2. The zero-order chi connectivity index (χ0) is 24.3. The Morgan fingerprint density at radius 1 is 1.09 bits per heavy atom. The first-order valence-corrected chi connectivity index (χ1v) is 11.0. The van der Waals surface area contributed by atoms with Crippen molar-refractivity contribution in [2.24, 2.45) is 5.73 Å². The summed E-state index contributed by atoms with van der Waals surface area (Å²) in [5, 5.41) is 10.5. The van der Waals surface area contributed by atoms with Crippen LogP contribution in [0.4, 0.5) is 5.69 Å². The Labute approximate surface area is 200 Å². The number of amidine groups is 1. The molecule has 0 saturated heterocycles. The number of nitrogen functional groups attached to an aromatic ring is 1. The molecule has 4 N–H and O–H groups in total. The maximum absolute atomic E-state index is 12.6. The normalized spacial score (nSPS) is 10.1. The highest BCUT2D eigenvalue weighted by atomic mass is 16.5. The molecule has 0 aromatic heterocycles. The lowest BCUT2D eigenvalue weighted by Crippen LogP contribution is -2.15. The molecule has 0 heterocycles. The van der Waals surface area contributed by atoms with Gasteiger partial charge in [-0.3, -0.25) is 10.2 Å². The van der Waals surface area contributed by atoms with Crippen molar-refractivity contribution < 1.29 is 14.3 Å². The van der Waals surface area contributed by atoms with Gasteiger partial charge in [0, 0.05) is 22.4 Å². The van der Waals surface area contributed by atoms with Gasteiger partial charge in [0.1, 0.15) is 11.6 Å². The molecule has 0 saturated carbocycles. The minimum Gasteiger partial charge on any atom is -0.492 e. The summed E-state index contributed by atoms with van der Waals surface area (Å²) >= 11 is 0. The SMILES string of the molecule is [CH2]COc1c(C#Cc2ccccc2)cc(CC)cc1CC(=O)OCNc1ccc(C(=N)N)cc1. The van der Waals surface area contributed by atoms with Crippen LogP contribution in [0.15, 0.2) is 66.7 Å². The Bertz CT molecular complexity index is 1190. The summed E-state index contributed by atoms with van der Waals surface area (Å²) in [5.41, 5.74) is 10.2. The first kappa shape index (κ1) is 24.4. The zero-order valence-corrected chi connectivity index (χ0v) is 19.2. The van der Waals surface area contributed by atoms with Gasteiger partial charge in [-0.25, -0.2) is 0 Å². The molecule has 0 bridgehead atoms. The fraction of sp³-hybridized carbons (Fsp3) is 0.179. The van der Waals surface area contributed by atoms with Crippen LogP contribution in [0, 0.1) is 24.2 Å². The van der Waals surface area contributed by atoms with Crippen LogP contribution in [0.25, 0.3) is 0 Å². The van der Waals surface area contributed by atoms with Gasteiger partial charge in [0.25, 0.3) is 0 Å². The number of rotatable bonds is 9. The molecule has 6 heteroatoms. The third kappa shape index (κ3) is 6.88. The molecule has 3 aromatic carbocycles. The number of carbonyl (C=O) groups is 1. The monoisotopic (exact) mass is 454 g/mol. The largest absolute Gasteiger partial charge is 0.492 e. The van der Waals surface area contributed by atoms with Crippen molar-refractivity contribution in [1.29, 1.82) is 5.41 Å². The number of nitrogens with one attached hydrogen (secondary N) is 2. The van der Waals surface area contributed by atoms with Crippen LogP contribution in [0.3, 0.4) is 0 Å². The van der Waals surface area contributed by atoms with Gasteiger partial charge in [0.15, 0.2) is 6.73 Å². The quantitative estimate of drug-likeness (QED) is 0.147. The molecule has 0 aliphatic carbocycles. The molecule has 0 aliphatic rings. The molecule has 34 heavy (non-hydrogen) atoms. The van der Waals surface area contributed by atoms with E-state index in [9.17, 15) is 4.79 Å². The molecule has 0 aliphatic heterocycles. The van der Waals surface area contributed by atoms with Crippen molar-refractivity contribution in [3.63, 3.8) is 0 Å². The minimum absolute atomic E-state index is 0.000386. The van der Waals surface area contributed by atoms with E-state index in [0.29, 0.717) is 11.3 Å². The molecule has 1 radical (unpaired) electrons. The summed E-state index contributed by atoms with van der Waals surface area (Å²) in [4.78, 5) is 12.6. The molecule has 0 spiro atoms. The van der Waals surface area contributed by atoms with E-state index in [2.05, 4.69) is 31.0 Å². The predicted molar refractivity (Wildman–Crippen MR) is 135 cm³/mol. The maximum Gasteiger partial charge on any atom is 0.312 e. The summed E-state index contributed by atoms with van der Waals surface area (Å²) in [5.74, 6) is 6.51. The third-order valence-electron chi connectivity index (χ3n) is 5.04. The summed E-state index contributed by atoms with van der Waals surface area (Å²) in [6, 6.07) is 20.6. The standard InChI is InChI=1S/C28H28N3O3/c1-3-20-16-23(11-10-21-8-6-5-7-9-21)27(33-4-2)24(17-20)18-26(32)34-19-31-25-14-12-22(13-15-25)28(29)30/h5-9,12-17,31H,2-4,18-19H2,1H3,(H3,29,30). The van der Waals surface area contributed by atoms with Crippen LogP contribution in [0.5, 0.6) is 5.75 Å². The number of aryl methyl sites for hydroxylation is 1. The smallest absolute Gasteiger partial charge is 0.312 e. The van der Waals surface area contributed by atoms with Crippen molar-refractivity contribution in [1.82, 2.24) is 0 Å². The maximum atomic E-state index is 12.6. The lowest BCUT2D eigenvalue weighted by atomic mass is 10.00. The van der Waals surface area contributed by atoms with E-state index in [1.54, 1.807) is 24.3 Å². The highest BCUT2D eigenvalue weighted by Crippen LogP contribution is 2.27.